The Kier molecular flexibility index (Phi) is 2.60. The summed E-state index contributed by atoms with van der Waals surface area (Å²) in [5.74, 6) is 0. The quantitative estimate of drug-likeness (QED) is 0.761. The topological polar surface area (TPSA) is 66.0 Å². The summed E-state index contributed by atoms with van der Waals surface area (Å²) in [5, 5.41) is 15.2. The van der Waals surface area contributed by atoms with E-state index in [1.54, 1.807) is 6.07 Å². The standard InChI is InChI=1S/C11H10N2O2/c14-7-9-6-10(12-13-11(9)15)8-4-2-1-3-5-8/h1-6,14H,7H2,(H,13,15). The van der Waals surface area contributed by atoms with Gasteiger partial charge in [0.15, 0.2) is 0 Å². The smallest absolute Gasteiger partial charge is 0.269 e. The van der Waals surface area contributed by atoms with Crippen LogP contribution in [0, 0.1) is 0 Å². The molecule has 0 unspecified atom stereocenters. The predicted molar refractivity (Wildman–Crippen MR) is 56.2 cm³/mol. The summed E-state index contributed by atoms with van der Waals surface area (Å²) in [6, 6.07) is 11.1. The van der Waals surface area contributed by atoms with Gasteiger partial charge in [0.2, 0.25) is 0 Å². The van der Waals surface area contributed by atoms with Crippen LogP contribution in [-0.2, 0) is 6.61 Å². The molecule has 2 rings (SSSR count). The molecule has 0 aliphatic carbocycles. The molecule has 0 bridgehead atoms. The average molecular weight is 202 g/mol. The molecule has 0 fully saturated rings. The van der Waals surface area contributed by atoms with Crippen molar-refractivity contribution in [2.24, 2.45) is 0 Å². The summed E-state index contributed by atoms with van der Waals surface area (Å²) in [6.07, 6.45) is 0. The van der Waals surface area contributed by atoms with Gasteiger partial charge in [-0.25, -0.2) is 5.10 Å². The van der Waals surface area contributed by atoms with Gasteiger partial charge in [0.25, 0.3) is 5.56 Å². The number of benzene rings is 1. The molecule has 0 spiro atoms. The molecule has 0 saturated heterocycles. The lowest BCUT2D eigenvalue weighted by molar-refractivity contribution is 0.280. The number of nitrogens with one attached hydrogen (secondary N) is 1. The Hall–Kier alpha value is -1.94. The Labute approximate surface area is 86.2 Å². The monoisotopic (exact) mass is 202 g/mol. The van der Waals surface area contributed by atoms with Crippen LogP contribution < -0.4 is 5.56 Å². The fraction of sp³-hybridized carbons (Fsp3) is 0.0909. The fourth-order valence-electron chi connectivity index (χ4n) is 1.32. The van der Waals surface area contributed by atoms with Crippen molar-refractivity contribution in [3.63, 3.8) is 0 Å². The van der Waals surface area contributed by atoms with E-state index in [1.165, 1.54) is 0 Å². The number of aliphatic hydroxyl groups is 1. The van der Waals surface area contributed by atoms with Gasteiger partial charge in [-0.2, -0.15) is 5.10 Å². The summed E-state index contributed by atoms with van der Waals surface area (Å²) < 4.78 is 0. The summed E-state index contributed by atoms with van der Waals surface area (Å²) in [7, 11) is 0. The molecule has 0 amide bonds. The van der Waals surface area contributed by atoms with Crippen LogP contribution in [0.4, 0.5) is 0 Å². The van der Waals surface area contributed by atoms with E-state index in [9.17, 15) is 4.79 Å². The van der Waals surface area contributed by atoms with E-state index in [4.69, 9.17) is 5.11 Å². The molecular formula is C11H10N2O2. The Morgan fingerprint density at radius 2 is 2.00 bits per heavy atom. The highest BCUT2D eigenvalue weighted by Gasteiger charge is 2.03. The highest BCUT2D eigenvalue weighted by molar-refractivity contribution is 5.58. The lowest BCUT2D eigenvalue weighted by Crippen LogP contribution is -2.14. The molecule has 4 nitrogen and oxygen atoms in total. The number of H-pyrrole nitrogens is 1. The third kappa shape index (κ3) is 1.94. The number of rotatable bonds is 2. The number of aromatic amines is 1. The minimum atomic E-state index is -0.350. The second kappa shape index (κ2) is 4.06. The number of aromatic nitrogens is 2. The number of aliphatic hydroxyl groups excluding tert-OH is 1. The van der Waals surface area contributed by atoms with Crippen molar-refractivity contribution >= 4 is 0 Å². The fourth-order valence-corrected chi connectivity index (χ4v) is 1.32. The summed E-state index contributed by atoms with van der Waals surface area (Å²) in [4.78, 5) is 11.2. The van der Waals surface area contributed by atoms with Crippen molar-refractivity contribution in [1.82, 2.24) is 10.2 Å². The van der Waals surface area contributed by atoms with Gasteiger partial charge in [-0.15, -0.1) is 0 Å². The van der Waals surface area contributed by atoms with E-state index in [2.05, 4.69) is 10.2 Å². The second-order valence-corrected chi connectivity index (χ2v) is 3.13. The third-order valence-electron chi connectivity index (χ3n) is 2.12. The Morgan fingerprint density at radius 1 is 1.27 bits per heavy atom. The minimum absolute atomic E-state index is 0.280. The number of hydrogen-bond donors (Lipinski definition) is 2. The predicted octanol–water partition coefficient (Wildman–Crippen LogP) is 0.929. The van der Waals surface area contributed by atoms with Crippen LogP contribution in [0.25, 0.3) is 11.3 Å². The maximum absolute atomic E-state index is 11.2. The molecule has 4 heteroatoms. The van der Waals surface area contributed by atoms with Gasteiger partial charge < -0.3 is 5.11 Å². The molecule has 2 aromatic rings. The molecule has 1 aromatic carbocycles. The van der Waals surface area contributed by atoms with Crippen molar-refractivity contribution in [2.45, 2.75) is 6.61 Å². The van der Waals surface area contributed by atoms with Gasteiger partial charge in [-0.05, 0) is 6.07 Å². The van der Waals surface area contributed by atoms with Gasteiger partial charge in [-0.1, -0.05) is 30.3 Å². The van der Waals surface area contributed by atoms with Crippen LogP contribution in [-0.4, -0.2) is 15.3 Å². The van der Waals surface area contributed by atoms with Crippen LogP contribution in [0.5, 0.6) is 0 Å². The van der Waals surface area contributed by atoms with Crippen molar-refractivity contribution in [2.75, 3.05) is 0 Å². The Bertz CT molecular complexity index is 505. The molecule has 0 aliphatic heterocycles. The van der Waals surface area contributed by atoms with Crippen LogP contribution in [0.1, 0.15) is 5.56 Å². The molecule has 1 aromatic heterocycles. The van der Waals surface area contributed by atoms with Gasteiger partial charge >= 0.3 is 0 Å². The van der Waals surface area contributed by atoms with Crippen LogP contribution in [0.15, 0.2) is 41.2 Å². The zero-order valence-corrected chi connectivity index (χ0v) is 7.97. The number of hydrogen-bond acceptors (Lipinski definition) is 3. The molecule has 2 N–H and O–H groups in total. The molecule has 0 radical (unpaired) electrons. The molecule has 76 valence electrons. The average Bonchev–Trinajstić information content (AvgIpc) is 2.31. The number of nitrogens with zero attached hydrogens (tertiary/aromatic N) is 1. The summed E-state index contributed by atoms with van der Waals surface area (Å²) in [5.41, 5.74) is 1.53. The van der Waals surface area contributed by atoms with E-state index >= 15 is 0 Å². The lowest BCUT2D eigenvalue weighted by atomic mass is 10.1. The van der Waals surface area contributed by atoms with E-state index in [1.807, 2.05) is 30.3 Å². The molecule has 0 saturated carbocycles. The maximum Gasteiger partial charge on any atom is 0.269 e. The highest BCUT2D eigenvalue weighted by atomic mass is 16.3. The van der Waals surface area contributed by atoms with Gasteiger partial charge in [0.1, 0.15) is 0 Å². The summed E-state index contributed by atoms with van der Waals surface area (Å²) >= 11 is 0. The van der Waals surface area contributed by atoms with Crippen molar-refractivity contribution < 1.29 is 5.11 Å². The van der Waals surface area contributed by atoms with Crippen LogP contribution >= 0.6 is 0 Å². The first kappa shape index (κ1) is 9.61. The zero-order valence-electron chi connectivity index (χ0n) is 7.97. The van der Waals surface area contributed by atoms with Crippen LogP contribution in [0.2, 0.25) is 0 Å². The highest BCUT2D eigenvalue weighted by Crippen LogP contribution is 2.14. The maximum atomic E-state index is 11.2. The molecule has 0 aliphatic rings. The largest absolute Gasteiger partial charge is 0.391 e. The second-order valence-electron chi connectivity index (χ2n) is 3.13. The lowest BCUT2D eigenvalue weighted by Gasteiger charge is -2.01. The van der Waals surface area contributed by atoms with Crippen molar-refractivity contribution in [3.05, 3.63) is 52.3 Å². The third-order valence-corrected chi connectivity index (χ3v) is 2.12. The Balaban J connectivity index is 2.51. The minimum Gasteiger partial charge on any atom is -0.391 e. The normalized spacial score (nSPS) is 10.2. The first-order valence-corrected chi connectivity index (χ1v) is 4.56. The Morgan fingerprint density at radius 3 is 2.67 bits per heavy atom. The van der Waals surface area contributed by atoms with E-state index < -0.39 is 0 Å². The zero-order chi connectivity index (χ0) is 10.7. The van der Waals surface area contributed by atoms with E-state index in [0.29, 0.717) is 11.3 Å². The molecule has 1 heterocycles. The van der Waals surface area contributed by atoms with E-state index in [0.717, 1.165) is 5.56 Å². The molecular weight excluding hydrogens is 192 g/mol. The summed E-state index contributed by atoms with van der Waals surface area (Å²) in [6.45, 7) is -0.280. The van der Waals surface area contributed by atoms with Gasteiger partial charge in [0, 0.05) is 11.1 Å². The van der Waals surface area contributed by atoms with Gasteiger partial charge in [-0.3, -0.25) is 4.79 Å². The first-order chi connectivity index (χ1) is 7.31. The van der Waals surface area contributed by atoms with Crippen LogP contribution in [0.3, 0.4) is 0 Å². The van der Waals surface area contributed by atoms with E-state index in [-0.39, 0.29) is 12.2 Å². The molecule has 0 atom stereocenters. The first-order valence-electron chi connectivity index (χ1n) is 4.56. The van der Waals surface area contributed by atoms with Gasteiger partial charge in [0.05, 0.1) is 12.3 Å². The van der Waals surface area contributed by atoms with Crippen molar-refractivity contribution in [1.29, 1.82) is 0 Å². The van der Waals surface area contributed by atoms with Crippen molar-refractivity contribution in [3.8, 4) is 11.3 Å². The SMILES string of the molecule is O=c1[nH]nc(-c2ccccc2)cc1CO. The molecule has 15 heavy (non-hydrogen) atoms.